The molecule has 0 spiro atoms. The van der Waals surface area contributed by atoms with Gasteiger partial charge in [-0.05, 0) is 54.5 Å². The number of ether oxygens (including phenoxy) is 1. The molecule has 2 atom stereocenters. The second-order valence-corrected chi connectivity index (χ2v) is 6.47. The van der Waals surface area contributed by atoms with Crippen molar-refractivity contribution in [2.45, 2.75) is 58.5 Å². The van der Waals surface area contributed by atoms with Crippen LogP contribution in [0.1, 0.15) is 58.0 Å². The summed E-state index contributed by atoms with van der Waals surface area (Å²) in [6.45, 7) is 7.06. The molecular formula is C15H24BrN3O. The van der Waals surface area contributed by atoms with E-state index in [0.29, 0.717) is 18.3 Å². The number of nitrogens with zero attached hydrogens (tertiary/aromatic N) is 2. The van der Waals surface area contributed by atoms with E-state index < -0.39 is 0 Å². The first-order valence-corrected chi connectivity index (χ1v) is 8.28. The molecule has 20 heavy (non-hydrogen) atoms. The maximum atomic E-state index is 6.13. The van der Waals surface area contributed by atoms with Crippen molar-refractivity contribution in [2.75, 3.05) is 12.3 Å². The van der Waals surface area contributed by atoms with E-state index in [-0.39, 0.29) is 5.60 Å². The number of aryl methyl sites for hydroxylation is 1. The van der Waals surface area contributed by atoms with E-state index in [0.717, 1.165) is 41.7 Å². The number of nitrogen functional groups attached to an aromatic ring is 1. The molecule has 0 radical (unpaired) electrons. The lowest BCUT2D eigenvalue weighted by atomic mass is 9.78. The zero-order valence-corrected chi connectivity index (χ0v) is 14.2. The van der Waals surface area contributed by atoms with Gasteiger partial charge in [-0.1, -0.05) is 20.3 Å². The average Bonchev–Trinajstić information content (AvgIpc) is 2.42. The maximum absolute atomic E-state index is 6.13. The van der Waals surface area contributed by atoms with Crippen LogP contribution in [0, 0.1) is 5.92 Å². The van der Waals surface area contributed by atoms with Crippen molar-refractivity contribution < 1.29 is 4.74 Å². The average molecular weight is 342 g/mol. The molecule has 1 aliphatic carbocycles. The summed E-state index contributed by atoms with van der Waals surface area (Å²) in [5, 5.41) is 0. The fourth-order valence-corrected chi connectivity index (χ4v) is 3.59. The Bertz CT molecular complexity index is 476. The van der Waals surface area contributed by atoms with Gasteiger partial charge in [-0.2, -0.15) is 0 Å². The highest BCUT2D eigenvalue weighted by Crippen LogP contribution is 2.42. The van der Waals surface area contributed by atoms with E-state index in [2.05, 4.69) is 34.8 Å². The van der Waals surface area contributed by atoms with Crippen molar-refractivity contribution in [3.8, 4) is 0 Å². The fourth-order valence-electron chi connectivity index (χ4n) is 3.13. The van der Waals surface area contributed by atoms with Gasteiger partial charge in [0.05, 0.1) is 10.2 Å². The van der Waals surface area contributed by atoms with Gasteiger partial charge in [0, 0.05) is 6.61 Å². The lowest BCUT2D eigenvalue weighted by Crippen LogP contribution is -2.37. The fraction of sp³-hybridized carbons (Fsp3) is 0.733. The summed E-state index contributed by atoms with van der Waals surface area (Å²) in [5.41, 5.74) is 6.65. The van der Waals surface area contributed by atoms with Crippen LogP contribution in [0.25, 0.3) is 0 Å². The van der Waals surface area contributed by atoms with Crippen molar-refractivity contribution in [1.29, 1.82) is 0 Å². The molecule has 1 aromatic heterocycles. The molecule has 1 aliphatic rings. The molecule has 112 valence electrons. The van der Waals surface area contributed by atoms with Crippen LogP contribution in [0.3, 0.4) is 0 Å². The quantitative estimate of drug-likeness (QED) is 0.903. The van der Waals surface area contributed by atoms with Gasteiger partial charge < -0.3 is 10.5 Å². The molecule has 2 N–H and O–H groups in total. The third-order valence-corrected chi connectivity index (χ3v) is 4.93. The number of hydrogen-bond donors (Lipinski definition) is 1. The lowest BCUT2D eigenvalue weighted by molar-refractivity contribution is -0.0881. The Morgan fingerprint density at radius 3 is 2.75 bits per heavy atom. The second-order valence-electron chi connectivity index (χ2n) is 5.68. The van der Waals surface area contributed by atoms with Gasteiger partial charge >= 0.3 is 0 Å². The number of rotatable bonds is 4. The lowest BCUT2D eigenvalue weighted by Gasteiger charge is -2.38. The second kappa shape index (κ2) is 6.39. The van der Waals surface area contributed by atoms with Gasteiger partial charge in [0.2, 0.25) is 0 Å². The highest BCUT2D eigenvalue weighted by molar-refractivity contribution is 9.10. The minimum absolute atomic E-state index is 0.356. The summed E-state index contributed by atoms with van der Waals surface area (Å²) in [5.74, 6) is 1.92. The van der Waals surface area contributed by atoms with Crippen LogP contribution in [0.4, 0.5) is 5.82 Å². The minimum atomic E-state index is -0.356. The van der Waals surface area contributed by atoms with E-state index in [1.165, 1.54) is 6.42 Å². The van der Waals surface area contributed by atoms with Crippen molar-refractivity contribution in [1.82, 2.24) is 9.97 Å². The van der Waals surface area contributed by atoms with Crippen molar-refractivity contribution >= 4 is 21.7 Å². The van der Waals surface area contributed by atoms with E-state index in [1.807, 2.05) is 6.92 Å². The molecule has 0 bridgehead atoms. The molecule has 1 aromatic rings. The first kappa shape index (κ1) is 15.7. The number of anilines is 1. The van der Waals surface area contributed by atoms with Crippen molar-refractivity contribution in [2.24, 2.45) is 5.92 Å². The van der Waals surface area contributed by atoms with Crippen LogP contribution in [0.5, 0.6) is 0 Å². The Labute approximate surface area is 129 Å². The molecule has 1 heterocycles. The highest BCUT2D eigenvalue weighted by atomic mass is 79.9. The number of aromatic nitrogens is 2. The Balaban J connectivity index is 2.46. The zero-order chi connectivity index (χ0) is 14.8. The highest BCUT2D eigenvalue weighted by Gasteiger charge is 2.40. The van der Waals surface area contributed by atoms with E-state index in [1.54, 1.807) is 0 Å². The van der Waals surface area contributed by atoms with Crippen LogP contribution in [0.2, 0.25) is 0 Å². The summed E-state index contributed by atoms with van der Waals surface area (Å²) >= 11 is 3.48. The summed E-state index contributed by atoms with van der Waals surface area (Å²) in [6, 6.07) is 0. The van der Waals surface area contributed by atoms with E-state index in [9.17, 15) is 0 Å². The predicted molar refractivity (Wildman–Crippen MR) is 84.5 cm³/mol. The van der Waals surface area contributed by atoms with Gasteiger partial charge in [0.1, 0.15) is 11.4 Å². The molecule has 1 fully saturated rings. The van der Waals surface area contributed by atoms with Crippen LogP contribution in [0.15, 0.2) is 4.47 Å². The molecular weight excluding hydrogens is 318 g/mol. The number of nitrogens with two attached hydrogens (primary N) is 1. The number of halogens is 1. The molecule has 1 saturated carbocycles. The predicted octanol–water partition coefficient (Wildman–Crippen LogP) is 3.83. The largest absolute Gasteiger partial charge is 0.383 e. The smallest absolute Gasteiger partial charge is 0.162 e. The van der Waals surface area contributed by atoms with Gasteiger partial charge in [-0.3, -0.25) is 0 Å². The number of hydrogen-bond acceptors (Lipinski definition) is 4. The third kappa shape index (κ3) is 2.98. The molecule has 0 amide bonds. The van der Waals surface area contributed by atoms with Gasteiger partial charge in [-0.15, -0.1) is 0 Å². The summed E-state index contributed by atoms with van der Waals surface area (Å²) in [4.78, 5) is 9.26. The van der Waals surface area contributed by atoms with Crippen LogP contribution in [-0.2, 0) is 16.8 Å². The van der Waals surface area contributed by atoms with Crippen molar-refractivity contribution in [3.05, 3.63) is 16.0 Å². The Morgan fingerprint density at radius 2 is 2.15 bits per heavy atom. The van der Waals surface area contributed by atoms with Gasteiger partial charge in [0.15, 0.2) is 5.82 Å². The van der Waals surface area contributed by atoms with Gasteiger partial charge in [-0.25, -0.2) is 9.97 Å². The summed E-state index contributed by atoms with van der Waals surface area (Å²) < 4.78 is 6.94. The summed E-state index contributed by atoms with van der Waals surface area (Å²) in [7, 11) is 0. The Hall–Kier alpha value is -0.680. The normalized spacial score (nSPS) is 26.7. The molecule has 4 nitrogen and oxygen atoms in total. The molecule has 0 aromatic carbocycles. The molecule has 5 heteroatoms. The maximum Gasteiger partial charge on any atom is 0.162 e. The standard InChI is InChI=1S/C15H24BrN3O/c1-4-11-12(16)13(17)19-14(18-11)15(20-5-2)8-6-7-10(3)9-15/h10H,4-9H2,1-3H3,(H2,17,18,19). The van der Waals surface area contributed by atoms with Crippen LogP contribution in [-0.4, -0.2) is 16.6 Å². The molecule has 0 saturated heterocycles. The van der Waals surface area contributed by atoms with E-state index in [4.69, 9.17) is 15.5 Å². The first-order valence-electron chi connectivity index (χ1n) is 7.48. The van der Waals surface area contributed by atoms with Crippen LogP contribution < -0.4 is 5.73 Å². The topological polar surface area (TPSA) is 61.0 Å². The zero-order valence-electron chi connectivity index (χ0n) is 12.6. The summed E-state index contributed by atoms with van der Waals surface area (Å²) in [6.07, 6.45) is 5.20. The monoisotopic (exact) mass is 341 g/mol. The molecule has 2 rings (SSSR count). The minimum Gasteiger partial charge on any atom is -0.383 e. The van der Waals surface area contributed by atoms with E-state index >= 15 is 0 Å². The molecule has 2 unspecified atom stereocenters. The van der Waals surface area contributed by atoms with Crippen molar-refractivity contribution in [3.63, 3.8) is 0 Å². The third-order valence-electron chi connectivity index (χ3n) is 4.06. The van der Waals surface area contributed by atoms with Gasteiger partial charge in [0.25, 0.3) is 0 Å². The van der Waals surface area contributed by atoms with Crippen LogP contribution >= 0.6 is 15.9 Å². The Kier molecular flexibility index (Phi) is 5.02. The SMILES string of the molecule is CCOC1(c2nc(N)c(Br)c(CC)n2)CCCC(C)C1. The Morgan fingerprint density at radius 1 is 1.40 bits per heavy atom. The first-order chi connectivity index (χ1) is 9.52. The molecule has 0 aliphatic heterocycles.